The number of hydrogen-bond donors (Lipinski definition) is 1. The topological polar surface area (TPSA) is 65.0 Å². The molecule has 1 aliphatic carbocycles. The summed E-state index contributed by atoms with van der Waals surface area (Å²) < 4.78 is 33.3. The van der Waals surface area contributed by atoms with Gasteiger partial charge in [0.05, 0.1) is 19.6 Å². The summed E-state index contributed by atoms with van der Waals surface area (Å²) in [7, 11) is 0. The molecule has 0 saturated heterocycles. The van der Waals surface area contributed by atoms with Gasteiger partial charge in [0, 0.05) is 23.1 Å². The number of rotatable bonds is 7. The van der Waals surface area contributed by atoms with Crippen molar-refractivity contribution in [3.8, 4) is 28.4 Å². The van der Waals surface area contributed by atoms with Crippen molar-refractivity contribution in [2.75, 3.05) is 13.2 Å². The third-order valence-corrected chi connectivity index (χ3v) is 7.29. The van der Waals surface area contributed by atoms with Crippen molar-refractivity contribution < 1.29 is 28.5 Å². The van der Waals surface area contributed by atoms with Gasteiger partial charge in [0.15, 0.2) is 0 Å². The fraction of sp³-hybridized carbons (Fsp3) is 0.406. The van der Waals surface area contributed by atoms with E-state index >= 15 is 4.39 Å². The predicted molar refractivity (Wildman–Crippen MR) is 145 cm³/mol. The Bertz CT molecular complexity index is 1360. The Labute approximate surface area is 223 Å². The molecule has 38 heavy (non-hydrogen) atoms. The van der Waals surface area contributed by atoms with Crippen molar-refractivity contribution in [3.05, 3.63) is 76.1 Å². The van der Waals surface area contributed by atoms with Crippen LogP contribution in [0.4, 0.5) is 4.39 Å². The molecule has 0 saturated carbocycles. The molecule has 3 aromatic rings. The molecular formula is C32H35FO5. The number of hydrogen-bond acceptors (Lipinski definition) is 4. The predicted octanol–water partition coefficient (Wildman–Crippen LogP) is 7.55. The van der Waals surface area contributed by atoms with Crippen molar-refractivity contribution in [1.82, 2.24) is 0 Å². The second kappa shape index (κ2) is 9.97. The van der Waals surface area contributed by atoms with E-state index in [-0.39, 0.29) is 23.6 Å². The molecule has 200 valence electrons. The average molecular weight is 519 g/mol. The van der Waals surface area contributed by atoms with E-state index in [0.29, 0.717) is 36.7 Å². The van der Waals surface area contributed by atoms with Gasteiger partial charge in [-0.15, -0.1) is 0 Å². The summed E-state index contributed by atoms with van der Waals surface area (Å²) in [6.45, 7) is 11.6. The van der Waals surface area contributed by atoms with Gasteiger partial charge in [0.2, 0.25) is 0 Å². The molecule has 5 rings (SSSR count). The zero-order valence-corrected chi connectivity index (χ0v) is 22.7. The van der Waals surface area contributed by atoms with Crippen molar-refractivity contribution in [2.45, 2.75) is 65.9 Å². The van der Waals surface area contributed by atoms with Gasteiger partial charge in [-0.1, -0.05) is 32.9 Å². The van der Waals surface area contributed by atoms with E-state index in [1.807, 2.05) is 18.2 Å². The van der Waals surface area contributed by atoms with Crippen LogP contribution in [0.15, 0.2) is 42.5 Å². The highest BCUT2D eigenvalue weighted by molar-refractivity contribution is 5.76. The number of halogens is 1. The molecule has 0 amide bonds. The monoisotopic (exact) mass is 518 g/mol. The molecule has 5 nitrogen and oxygen atoms in total. The number of carboxylic acids is 1. The van der Waals surface area contributed by atoms with E-state index in [0.717, 1.165) is 45.6 Å². The second-order valence-electron chi connectivity index (χ2n) is 11.7. The third kappa shape index (κ3) is 5.22. The lowest BCUT2D eigenvalue weighted by atomic mass is 9.90. The average Bonchev–Trinajstić information content (AvgIpc) is 3.43. The van der Waals surface area contributed by atoms with E-state index in [2.05, 4.69) is 46.8 Å². The minimum absolute atomic E-state index is 0.0275. The van der Waals surface area contributed by atoms with Crippen LogP contribution < -0.4 is 14.2 Å². The first-order chi connectivity index (χ1) is 18.0. The number of aryl methyl sites for hydroxylation is 2. The Morgan fingerprint density at radius 1 is 1.08 bits per heavy atom. The lowest BCUT2D eigenvalue weighted by molar-refractivity contribution is -0.137. The van der Waals surface area contributed by atoms with Crippen molar-refractivity contribution >= 4 is 5.97 Å². The zero-order chi connectivity index (χ0) is 27.2. The van der Waals surface area contributed by atoms with Crippen LogP contribution >= 0.6 is 0 Å². The molecule has 0 unspecified atom stereocenters. The first-order valence-electron chi connectivity index (χ1n) is 13.2. The van der Waals surface area contributed by atoms with E-state index in [1.54, 1.807) is 12.1 Å². The van der Waals surface area contributed by atoms with Crippen LogP contribution in [0.25, 0.3) is 11.1 Å². The molecule has 3 aromatic carbocycles. The first-order valence-corrected chi connectivity index (χ1v) is 13.2. The molecule has 0 radical (unpaired) electrons. The number of carbonyl (C=O) groups is 1. The summed E-state index contributed by atoms with van der Waals surface area (Å²) in [5, 5.41) is 9.15. The van der Waals surface area contributed by atoms with Crippen LogP contribution in [0.1, 0.15) is 73.5 Å². The molecule has 1 heterocycles. The van der Waals surface area contributed by atoms with Gasteiger partial charge in [-0.05, 0) is 84.2 Å². The molecule has 2 aliphatic rings. The number of carboxylic acid groups (broad SMARTS) is 1. The second-order valence-corrected chi connectivity index (χ2v) is 11.7. The molecule has 0 fully saturated rings. The first kappa shape index (κ1) is 26.1. The highest BCUT2D eigenvalue weighted by atomic mass is 19.1. The van der Waals surface area contributed by atoms with Crippen LogP contribution in [-0.2, 0) is 11.2 Å². The van der Waals surface area contributed by atoms with Gasteiger partial charge in [-0.2, -0.15) is 0 Å². The van der Waals surface area contributed by atoms with E-state index in [4.69, 9.17) is 19.3 Å². The standard InChI is InChI=1S/C32H35FO5/c1-18-12-22(37-17-32(3,4)5)13-19(2)30(18)24-8-10-26(33)31-25(24)9-11-27(31)38-21-6-7-23-20(14-29(34)35)16-36-28(23)15-21/h6-8,10,12-13,15,20,27H,9,11,14,16-17H2,1-5H3,(H,34,35)/t20-,27-/m1/s1. The van der Waals surface area contributed by atoms with Crippen molar-refractivity contribution in [3.63, 3.8) is 0 Å². The van der Waals surface area contributed by atoms with Gasteiger partial charge in [0.1, 0.15) is 29.2 Å². The summed E-state index contributed by atoms with van der Waals surface area (Å²) in [6, 6.07) is 13.0. The smallest absolute Gasteiger partial charge is 0.304 e. The highest BCUT2D eigenvalue weighted by Crippen LogP contribution is 2.45. The zero-order valence-electron chi connectivity index (χ0n) is 22.7. The maximum atomic E-state index is 15.2. The van der Waals surface area contributed by atoms with Crippen molar-refractivity contribution in [2.24, 2.45) is 5.41 Å². The molecule has 1 N–H and O–H groups in total. The summed E-state index contributed by atoms with van der Waals surface area (Å²) in [5.41, 5.74) is 6.89. The summed E-state index contributed by atoms with van der Waals surface area (Å²) in [6.07, 6.45) is 1.01. The lowest BCUT2D eigenvalue weighted by Gasteiger charge is -2.21. The minimum atomic E-state index is -0.849. The minimum Gasteiger partial charge on any atom is -0.493 e. The molecule has 2 atom stereocenters. The highest BCUT2D eigenvalue weighted by Gasteiger charge is 2.32. The number of aliphatic carboxylic acids is 1. The van der Waals surface area contributed by atoms with Gasteiger partial charge in [-0.25, -0.2) is 4.39 Å². The Kier molecular flexibility index (Phi) is 6.84. The van der Waals surface area contributed by atoms with Crippen LogP contribution in [0.2, 0.25) is 0 Å². The van der Waals surface area contributed by atoms with Crippen LogP contribution in [0, 0.1) is 25.1 Å². The van der Waals surface area contributed by atoms with Crippen molar-refractivity contribution in [1.29, 1.82) is 0 Å². The van der Waals surface area contributed by atoms with Crippen LogP contribution in [0.3, 0.4) is 0 Å². The molecular weight excluding hydrogens is 483 g/mol. The fourth-order valence-corrected chi connectivity index (χ4v) is 5.63. The number of fused-ring (bicyclic) bond motifs is 2. The molecule has 1 aliphatic heterocycles. The molecule has 6 heteroatoms. The van der Waals surface area contributed by atoms with E-state index in [9.17, 15) is 4.79 Å². The van der Waals surface area contributed by atoms with Gasteiger partial charge >= 0.3 is 5.97 Å². The Hall–Kier alpha value is -3.54. The largest absolute Gasteiger partial charge is 0.493 e. The third-order valence-electron chi connectivity index (χ3n) is 7.29. The number of ether oxygens (including phenoxy) is 3. The Morgan fingerprint density at radius 3 is 2.50 bits per heavy atom. The fourth-order valence-electron chi connectivity index (χ4n) is 5.63. The molecule has 0 aromatic heterocycles. The molecule has 0 bridgehead atoms. The SMILES string of the molecule is Cc1cc(OCC(C)(C)C)cc(C)c1-c1ccc(F)c2c1CC[C@H]2Oc1ccc2c(c1)OC[C@H]2CC(=O)O. The summed E-state index contributed by atoms with van der Waals surface area (Å²) >= 11 is 0. The normalized spacial score (nSPS) is 18.1. The lowest BCUT2D eigenvalue weighted by Crippen LogP contribution is -2.17. The Morgan fingerprint density at radius 2 is 1.82 bits per heavy atom. The number of benzene rings is 3. The maximum Gasteiger partial charge on any atom is 0.304 e. The van der Waals surface area contributed by atoms with Gasteiger partial charge in [0.25, 0.3) is 0 Å². The molecule has 0 spiro atoms. The summed E-state index contributed by atoms with van der Waals surface area (Å²) in [5.74, 6) is 0.809. The maximum absolute atomic E-state index is 15.2. The summed E-state index contributed by atoms with van der Waals surface area (Å²) in [4.78, 5) is 11.1. The van der Waals surface area contributed by atoms with Gasteiger partial charge in [-0.3, -0.25) is 4.79 Å². The van der Waals surface area contributed by atoms with Crippen LogP contribution in [0.5, 0.6) is 17.2 Å². The quantitative estimate of drug-likeness (QED) is 0.350. The van der Waals surface area contributed by atoms with E-state index in [1.165, 1.54) is 0 Å². The Balaban J connectivity index is 1.41. The van der Waals surface area contributed by atoms with E-state index < -0.39 is 12.1 Å². The van der Waals surface area contributed by atoms with Gasteiger partial charge < -0.3 is 19.3 Å². The van der Waals surface area contributed by atoms with Crippen LogP contribution in [-0.4, -0.2) is 24.3 Å².